The number of fused-ring (bicyclic) bond motifs is 3. The molecule has 1 unspecified atom stereocenters. The molecule has 2 aromatic rings. The molecule has 2 heterocycles. The molecular weight excluding hydrogens is 657 g/mol. The largest absolute Gasteiger partial charge is 0.543 e. The van der Waals surface area contributed by atoms with E-state index in [1.807, 2.05) is 42.5 Å². The Kier molecular flexibility index (Phi) is 9.63. The number of ketones is 1. The van der Waals surface area contributed by atoms with E-state index in [1.165, 1.54) is 19.3 Å². The standard InChI is InChI=1S/C38H50O9Si2/c1-36(2,3)48(8,9)46-28-17-18-29(47-49(10,11)37(4,5)6)32-30(21-26(39)31(28)32)43-23-25-27-19-20-38(34(40)42-7,35(41)45-27)33(25)44-22-24-15-13-12-14-16-24/h12-21,25,27,33H,22-23H2,1-11H3/t25-,27?,33+,38+/m1/s1. The lowest BCUT2D eigenvalue weighted by atomic mass is 9.67. The highest BCUT2D eigenvalue weighted by Crippen LogP contribution is 2.49. The van der Waals surface area contributed by atoms with Gasteiger partial charge in [-0.1, -0.05) is 78.0 Å². The van der Waals surface area contributed by atoms with E-state index in [1.54, 1.807) is 6.08 Å². The molecule has 4 atom stereocenters. The number of benzene rings is 2. The monoisotopic (exact) mass is 706 g/mol. The quantitative estimate of drug-likeness (QED) is 0.0999. The first-order valence-corrected chi connectivity index (χ1v) is 22.6. The summed E-state index contributed by atoms with van der Waals surface area (Å²) in [5, 5.41) is -0.202. The predicted molar refractivity (Wildman–Crippen MR) is 192 cm³/mol. The highest BCUT2D eigenvalue weighted by molar-refractivity contribution is 6.75. The maximum atomic E-state index is 13.8. The van der Waals surface area contributed by atoms with Gasteiger partial charge in [0.1, 0.15) is 23.4 Å². The number of esters is 2. The zero-order chi connectivity index (χ0) is 36.2. The van der Waals surface area contributed by atoms with E-state index in [4.69, 9.17) is 27.8 Å². The van der Waals surface area contributed by atoms with E-state index in [0.29, 0.717) is 28.4 Å². The van der Waals surface area contributed by atoms with Gasteiger partial charge in [0.25, 0.3) is 16.6 Å². The summed E-state index contributed by atoms with van der Waals surface area (Å²) in [6.07, 6.45) is 3.03. The third-order valence-corrected chi connectivity index (χ3v) is 19.5. The topological polar surface area (TPSA) is 107 Å². The van der Waals surface area contributed by atoms with Crippen LogP contribution in [0.3, 0.4) is 0 Å². The first-order valence-electron chi connectivity index (χ1n) is 16.8. The SMILES string of the molecule is COC(=O)[C@@]12C=CC(OC1=O)[C@@H](COC1=CC(=O)c3c(O[Si](C)(C)C(C)(C)C)ccc(O[Si](C)(C)C(C)(C)C)c31)[C@@H]2OCc1ccccc1. The number of rotatable bonds is 11. The first kappa shape index (κ1) is 36.6. The van der Waals surface area contributed by atoms with Crippen molar-refractivity contribution in [2.24, 2.45) is 11.3 Å². The van der Waals surface area contributed by atoms with Crippen LogP contribution >= 0.6 is 0 Å². The predicted octanol–water partition coefficient (Wildman–Crippen LogP) is 7.86. The Bertz CT molecular complexity index is 1680. The summed E-state index contributed by atoms with van der Waals surface area (Å²) < 4.78 is 37.3. The van der Waals surface area contributed by atoms with Crippen LogP contribution < -0.4 is 8.85 Å². The van der Waals surface area contributed by atoms with Crippen molar-refractivity contribution in [1.29, 1.82) is 0 Å². The summed E-state index contributed by atoms with van der Waals surface area (Å²) in [5.41, 5.74) is 0.0327. The van der Waals surface area contributed by atoms with E-state index < -0.39 is 52.1 Å². The zero-order valence-electron chi connectivity index (χ0n) is 30.6. The van der Waals surface area contributed by atoms with Gasteiger partial charge in [-0.05, 0) is 60.0 Å². The summed E-state index contributed by atoms with van der Waals surface area (Å²) in [6.45, 7) is 21.7. The molecule has 2 bridgehead atoms. The molecule has 6 rings (SSSR count). The molecule has 0 amide bonds. The molecule has 49 heavy (non-hydrogen) atoms. The lowest BCUT2D eigenvalue weighted by Crippen LogP contribution is -2.63. The number of methoxy groups -OCH3 is 1. The van der Waals surface area contributed by atoms with Crippen LogP contribution in [0.2, 0.25) is 36.3 Å². The van der Waals surface area contributed by atoms with Gasteiger partial charge in [0.2, 0.25) is 5.41 Å². The lowest BCUT2D eigenvalue weighted by Gasteiger charge is -2.48. The molecule has 11 heteroatoms. The molecule has 264 valence electrons. The molecule has 0 saturated carbocycles. The second-order valence-electron chi connectivity index (χ2n) is 16.2. The van der Waals surface area contributed by atoms with E-state index >= 15 is 0 Å². The molecule has 0 radical (unpaired) electrons. The lowest BCUT2D eigenvalue weighted by molar-refractivity contribution is -0.211. The Balaban J connectivity index is 1.52. The molecule has 9 nitrogen and oxygen atoms in total. The highest BCUT2D eigenvalue weighted by Gasteiger charge is 2.64. The Labute approximate surface area is 292 Å². The minimum atomic E-state index is -2.35. The number of hydrogen-bond acceptors (Lipinski definition) is 9. The van der Waals surface area contributed by atoms with Gasteiger partial charge in [-0.25, -0.2) is 0 Å². The maximum absolute atomic E-state index is 13.8. The smallest absolute Gasteiger partial charge is 0.330 e. The summed E-state index contributed by atoms with van der Waals surface area (Å²) in [7, 11) is -3.45. The van der Waals surface area contributed by atoms with Gasteiger partial charge in [0, 0.05) is 6.08 Å². The summed E-state index contributed by atoms with van der Waals surface area (Å²) in [6, 6.07) is 13.2. The summed E-state index contributed by atoms with van der Waals surface area (Å²) in [5.74, 6) is -0.930. The van der Waals surface area contributed by atoms with Gasteiger partial charge in [0.15, 0.2) is 5.78 Å². The van der Waals surface area contributed by atoms with Crippen LogP contribution in [0.5, 0.6) is 11.5 Å². The highest BCUT2D eigenvalue weighted by atomic mass is 28.4. The van der Waals surface area contributed by atoms with Crippen molar-refractivity contribution in [3.63, 3.8) is 0 Å². The molecule has 0 spiro atoms. The van der Waals surface area contributed by atoms with Gasteiger partial charge in [-0.3, -0.25) is 14.4 Å². The van der Waals surface area contributed by atoms with Gasteiger partial charge in [0.05, 0.1) is 43.5 Å². The van der Waals surface area contributed by atoms with Gasteiger partial charge < -0.3 is 27.8 Å². The van der Waals surface area contributed by atoms with Crippen LogP contribution in [-0.2, 0) is 35.1 Å². The maximum Gasteiger partial charge on any atom is 0.330 e. The third-order valence-electron chi connectivity index (χ3n) is 10.8. The number of carbonyl (C=O) groups is 3. The Morgan fingerprint density at radius 3 is 1.96 bits per heavy atom. The van der Waals surface area contributed by atoms with E-state index in [2.05, 4.69) is 67.7 Å². The minimum absolute atomic E-state index is 0.0219. The van der Waals surface area contributed by atoms with Crippen LogP contribution in [-0.4, -0.2) is 60.3 Å². The second-order valence-corrected chi connectivity index (χ2v) is 25.6. The molecule has 4 aliphatic rings. The second kappa shape index (κ2) is 12.9. The number of hydrogen-bond donors (Lipinski definition) is 0. The van der Waals surface area contributed by atoms with Crippen molar-refractivity contribution >= 4 is 40.1 Å². The van der Waals surface area contributed by atoms with Crippen molar-refractivity contribution < 1.29 is 42.2 Å². The molecule has 2 aliphatic heterocycles. The average molecular weight is 707 g/mol. The van der Waals surface area contributed by atoms with Crippen LogP contribution in [0, 0.1) is 11.3 Å². The van der Waals surface area contributed by atoms with Crippen molar-refractivity contribution in [2.75, 3.05) is 13.7 Å². The van der Waals surface area contributed by atoms with Gasteiger partial charge in [-0.2, -0.15) is 0 Å². The fraction of sp³-hybridized carbons (Fsp3) is 0.500. The average Bonchev–Trinajstić information content (AvgIpc) is 3.35. The minimum Gasteiger partial charge on any atom is -0.543 e. The van der Waals surface area contributed by atoms with E-state index in [9.17, 15) is 14.4 Å². The van der Waals surface area contributed by atoms with Crippen LogP contribution in [0.1, 0.15) is 63.0 Å². The molecule has 0 N–H and O–H groups in total. The van der Waals surface area contributed by atoms with Crippen LogP contribution in [0.25, 0.3) is 5.76 Å². The number of ether oxygens (including phenoxy) is 4. The Morgan fingerprint density at radius 1 is 0.857 bits per heavy atom. The number of carbonyl (C=O) groups excluding carboxylic acids is 3. The molecule has 1 fully saturated rings. The molecule has 1 saturated heterocycles. The van der Waals surface area contributed by atoms with Crippen LogP contribution in [0.15, 0.2) is 60.7 Å². The van der Waals surface area contributed by atoms with Gasteiger partial charge in [-0.15, -0.1) is 0 Å². The number of allylic oxidation sites excluding steroid dienone is 1. The molecule has 2 aliphatic carbocycles. The fourth-order valence-electron chi connectivity index (χ4n) is 5.80. The van der Waals surface area contributed by atoms with Crippen LogP contribution in [0.4, 0.5) is 0 Å². The van der Waals surface area contributed by atoms with E-state index in [-0.39, 0.29) is 29.1 Å². The zero-order valence-corrected chi connectivity index (χ0v) is 32.6. The summed E-state index contributed by atoms with van der Waals surface area (Å²) in [4.78, 5) is 40.5. The van der Waals surface area contributed by atoms with Crippen molar-refractivity contribution in [2.45, 2.75) is 96.6 Å². The fourth-order valence-corrected chi connectivity index (χ4v) is 7.86. The van der Waals surface area contributed by atoms with Crippen molar-refractivity contribution in [1.82, 2.24) is 0 Å². The van der Waals surface area contributed by atoms with E-state index in [0.717, 1.165) is 5.56 Å². The molecular formula is C38H50O9Si2. The Morgan fingerprint density at radius 2 is 1.43 bits per heavy atom. The van der Waals surface area contributed by atoms with Gasteiger partial charge >= 0.3 is 11.9 Å². The molecule has 0 aromatic heterocycles. The van der Waals surface area contributed by atoms with Crippen molar-refractivity contribution in [3.8, 4) is 11.5 Å². The summed E-state index contributed by atoms with van der Waals surface area (Å²) >= 11 is 0. The third kappa shape index (κ3) is 6.64. The molecule has 2 aromatic carbocycles. The van der Waals surface area contributed by atoms with Crippen molar-refractivity contribution in [3.05, 3.63) is 77.4 Å². The Hall–Kier alpha value is -3.68. The normalized spacial score (nSPS) is 23.5. The first-order chi connectivity index (χ1) is 22.7.